The van der Waals surface area contributed by atoms with Gasteiger partial charge in [0.2, 0.25) is 0 Å². The van der Waals surface area contributed by atoms with Gasteiger partial charge in [-0.3, -0.25) is 4.90 Å². The number of hydrogen-bond donors (Lipinski definition) is 1. The Morgan fingerprint density at radius 3 is 2.67 bits per heavy atom. The second-order valence-electron chi connectivity index (χ2n) is 6.72. The average molecular weight is 256 g/mol. The first-order chi connectivity index (χ1) is 8.44. The summed E-state index contributed by atoms with van der Waals surface area (Å²) < 4.78 is 5.13. The lowest BCUT2D eigenvalue weighted by Crippen LogP contribution is -2.61. The van der Waals surface area contributed by atoms with Crippen LogP contribution < -0.4 is 5.32 Å². The van der Waals surface area contributed by atoms with E-state index in [9.17, 15) is 0 Å². The summed E-state index contributed by atoms with van der Waals surface area (Å²) >= 11 is 0. The van der Waals surface area contributed by atoms with Gasteiger partial charge in [0.25, 0.3) is 0 Å². The van der Waals surface area contributed by atoms with E-state index in [1.165, 1.54) is 25.8 Å². The third kappa shape index (κ3) is 5.68. The first-order valence-corrected chi connectivity index (χ1v) is 7.42. The predicted octanol–water partition coefficient (Wildman–Crippen LogP) is 2.51. The molecule has 3 nitrogen and oxygen atoms in total. The fourth-order valence-corrected chi connectivity index (χ4v) is 2.82. The molecular weight excluding hydrogens is 224 g/mol. The molecule has 1 fully saturated rings. The Labute approximate surface area is 113 Å². The van der Waals surface area contributed by atoms with Gasteiger partial charge < -0.3 is 10.1 Å². The maximum absolute atomic E-state index is 5.13. The van der Waals surface area contributed by atoms with Crippen LogP contribution in [0.4, 0.5) is 0 Å². The van der Waals surface area contributed by atoms with E-state index in [0.29, 0.717) is 6.04 Å². The molecular formula is C15H32N2O. The minimum Gasteiger partial charge on any atom is -0.385 e. The van der Waals surface area contributed by atoms with Crippen LogP contribution in [0.25, 0.3) is 0 Å². The Hall–Kier alpha value is -0.120. The van der Waals surface area contributed by atoms with E-state index in [4.69, 9.17) is 4.74 Å². The highest BCUT2D eigenvalue weighted by atomic mass is 16.5. The van der Waals surface area contributed by atoms with Crippen molar-refractivity contribution in [3.8, 4) is 0 Å². The molecule has 3 heteroatoms. The number of hydrogen-bond acceptors (Lipinski definition) is 3. The minimum atomic E-state index is 0.259. The maximum Gasteiger partial charge on any atom is 0.0462 e. The molecule has 0 radical (unpaired) electrons. The number of rotatable bonds is 7. The second-order valence-corrected chi connectivity index (χ2v) is 6.72. The molecule has 1 atom stereocenters. The number of unbranched alkanes of at least 4 members (excludes halogenated alkanes) is 1. The normalized spacial score (nSPS) is 24.7. The van der Waals surface area contributed by atoms with Gasteiger partial charge in [-0.05, 0) is 45.6 Å². The van der Waals surface area contributed by atoms with E-state index in [1.807, 2.05) is 0 Å². The molecule has 0 spiro atoms. The first-order valence-electron chi connectivity index (χ1n) is 7.42. The second kappa shape index (κ2) is 7.46. The fraction of sp³-hybridized carbons (Fsp3) is 1.00. The van der Waals surface area contributed by atoms with E-state index in [2.05, 4.69) is 37.9 Å². The van der Waals surface area contributed by atoms with Crippen LogP contribution in [0, 0.1) is 5.92 Å². The molecule has 0 aromatic rings. The van der Waals surface area contributed by atoms with Crippen molar-refractivity contribution in [3.05, 3.63) is 0 Å². The third-order valence-corrected chi connectivity index (χ3v) is 3.72. The van der Waals surface area contributed by atoms with Crippen molar-refractivity contribution in [3.63, 3.8) is 0 Å². The van der Waals surface area contributed by atoms with Crippen molar-refractivity contribution in [2.24, 2.45) is 5.92 Å². The van der Waals surface area contributed by atoms with Crippen molar-refractivity contribution in [2.75, 3.05) is 33.4 Å². The van der Waals surface area contributed by atoms with E-state index >= 15 is 0 Å². The molecule has 0 saturated carbocycles. The first kappa shape index (κ1) is 15.9. The molecule has 1 heterocycles. The Morgan fingerprint density at radius 2 is 2.06 bits per heavy atom. The van der Waals surface area contributed by atoms with Crippen molar-refractivity contribution in [1.82, 2.24) is 10.2 Å². The lowest BCUT2D eigenvalue weighted by atomic mass is 9.94. The quantitative estimate of drug-likeness (QED) is 0.708. The van der Waals surface area contributed by atoms with Crippen LogP contribution in [-0.4, -0.2) is 49.8 Å². The molecule has 1 rings (SSSR count). The van der Waals surface area contributed by atoms with Crippen LogP contribution in [0.5, 0.6) is 0 Å². The van der Waals surface area contributed by atoms with Gasteiger partial charge in [0.05, 0.1) is 0 Å². The Kier molecular flexibility index (Phi) is 6.61. The minimum absolute atomic E-state index is 0.259. The largest absolute Gasteiger partial charge is 0.385 e. The zero-order valence-electron chi connectivity index (χ0n) is 13.0. The van der Waals surface area contributed by atoms with Gasteiger partial charge in [0.15, 0.2) is 0 Å². The zero-order valence-corrected chi connectivity index (χ0v) is 13.0. The van der Waals surface area contributed by atoms with Crippen LogP contribution in [0.15, 0.2) is 0 Å². The maximum atomic E-state index is 5.13. The van der Waals surface area contributed by atoms with Gasteiger partial charge in [-0.25, -0.2) is 0 Å². The molecule has 0 aliphatic carbocycles. The van der Waals surface area contributed by atoms with Gasteiger partial charge >= 0.3 is 0 Å². The molecule has 1 aliphatic rings. The zero-order chi connectivity index (χ0) is 13.6. The summed E-state index contributed by atoms with van der Waals surface area (Å²) in [5, 5.41) is 3.68. The van der Waals surface area contributed by atoms with Crippen molar-refractivity contribution < 1.29 is 4.74 Å². The van der Waals surface area contributed by atoms with Crippen LogP contribution in [-0.2, 0) is 4.74 Å². The van der Waals surface area contributed by atoms with Gasteiger partial charge in [-0.1, -0.05) is 13.8 Å². The lowest BCUT2D eigenvalue weighted by molar-refractivity contribution is 0.0783. The smallest absolute Gasteiger partial charge is 0.0462 e. The molecule has 1 saturated heterocycles. The van der Waals surface area contributed by atoms with E-state index in [-0.39, 0.29) is 5.54 Å². The highest BCUT2D eigenvalue weighted by Gasteiger charge is 2.32. The summed E-state index contributed by atoms with van der Waals surface area (Å²) in [5.74, 6) is 0.777. The molecule has 0 bridgehead atoms. The van der Waals surface area contributed by atoms with Crippen LogP contribution in [0.2, 0.25) is 0 Å². The van der Waals surface area contributed by atoms with E-state index < -0.39 is 0 Å². The summed E-state index contributed by atoms with van der Waals surface area (Å²) in [4.78, 5) is 2.69. The SMILES string of the molecule is COCCCCN1CC(C)(C)NCC1CC(C)C. The fourth-order valence-electron chi connectivity index (χ4n) is 2.82. The van der Waals surface area contributed by atoms with Crippen LogP contribution in [0.1, 0.15) is 47.0 Å². The molecule has 0 aromatic carbocycles. The Bertz CT molecular complexity index is 229. The summed E-state index contributed by atoms with van der Waals surface area (Å²) in [7, 11) is 1.79. The van der Waals surface area contributed by atoms with Crippen LogP contribution in [0.3, 0.4) is 0 Å². The van der Waals surface area contributed by atoms with Crippen molar-refractivity contribution in [1.29, 1.82) is 0 Å². The molecule has 108 valence electrons. The molecule has 1 aliphatic heterocycles. The highest BCUT2D eigenvalue weighted by molar-refractivity contribution is 4.92. The number of methoxy groups -OCH3 is 1. The van der Waals surface area contributed by atoms with E-state index in [1.54, 1.807) is 7.11 Å². The Morgan fingerprint density at radius 1 is 1.33 bits per heavy atom. The standard InChI is InChI=1S/C15H32N2O/c1-13(2)10-14-11-16-15(3,4)12-17(14)8-6-7-9-18-5/h13-14,16H,6-12H2,1-5H3. The molecule has 0 aromatic heterocycles. The molecule has 1 unspecified atom stereocenters. The summed E-state index contributed by atoms with van der Waals surface area (Å²) in [6.07, 6.45) is 3.72. The number of ether oxygens (including phenoxy) is 1. The summed E-state index contributed by atoms with van der Waals surface area (Å²) in [6.45, 7) is 13.7. The van der Waals surface area contributed by atoms with Gasteiger partial charge in [0, 0.05) is 38.4 Å². The van der Waals surface area contributed by atoms with Crippen molar-refractivity contribution in [2.45, 2.75) is 58.5 Å². The molecule has 0 amide bonds. The van der Waals surface area contributed by atoms with Crippen LogP contribution >= 0.6 is 0 Å². The average Bonchev–Trinajstić information content (AvgIpc) is 2.27. The molecule has 18 heavy (non-hydrogen) atoms. The highest BCUT2D eigenvalue weighted by Crippen LogP contribution is 2.20. The van der Waals surface area contributed by atoms with Gasteiger partial charge in [-0.2, -0.15) is 0 Å². The number of nitrogens with zero attached hydrogens (tertiary/aromatic N) is 1. The topological polar surface area (TPSA) is 24.5 Å². The van der Waals surface area contributed by atoms with E-state index in [0.717, 1.165) is 25.6 Å². The van der Waals surface area contributed by atoms with Gasteiger partial charge in [0.1, 0.15) is 0 Å². The Balaban J connectivity index is 2.43. The number of nitrogens with one attached hydrogen (secondary N) is 1. The monoisotopic (exact) mass is 256 g/mol. The lowest BCUT2D eigenvalue weighted by Gasteiger charge is -2.45. The summed E-state index contributed by atoms with van der Waals surface area (Å²) in [6, 6.07) is 0.709. The molecule has 1 N–H and O–H groups in total. The van der Waals surface area contributed by atoms with Gasteiger partial charge in [-0.15, -0.1) is 0 Å². The summed E-state index contributed by atoms with van der Waals surface area (Å²) in [5.41, 5.74) is 0.259. The predicted molar refractivity (Wildman–Crippen MR) is 78.0 cm³/mol. The third-order valence-electron chi connectivity index (χ3n) is 3.72. The number of piperazine rings is 1. The van der Waals surface area contributed by atoms with Crippen molar-refractivity contribution >= 4 is 0 Å².